The van der Waals surface area contributed by atoms with Crippen LogP contribution in [0.3, 0.4) is 0 Å². The van der Waals surface area contributed by atoms with Gasteiger partial charge in [0, 0.05) is 30.6 Å². The van der Waals surface area contributed by atoms with E-state index in [2.05, 4.69) is 4.98 Å². The summed E-state index contributed by atoms with van der Waals surface area (Å²) < 4.78 is 28.8. The molecule has 0 aliphatic heterocycles. The van der Waals surface area contributed by atoms with Gasteiger partial charge in [-0.05, 0) is 20.0 Å². The van der Waals surface area contributed by atoms with E-state index in [-0.39, 0.29) is 12.1 Å². The van der Waals surface area contributed by atoms with E-state index in [4.69, 9.17) is 0 Å². The Kier molecular flexibility index (Phi) is 4.87. The van der Waals surface area contributed by atoms with Crippen LogP contribution in [0.1, 0.15) is 24.4 Å². The predicted octanol–water partition coefficient (Wildman–Crippen LogP) is 2.44. The van der Waals surface area contributed by atoms with Crippen molar-refractivity contribution in [2.24, 2.45) is 0 Å². The second kappa shape index (κ2) is 6.65. The number of halogens is 2. The van der Waals surface area contributed by atoms with Gasteiger partial charge in [0.15, 0.2) is 0 Å². The first-order chi connectivity index (χ1) is 10.4. The average Bonchev–Trinajstić information content (AvgIpc) is 2.88. The van der Waals surface area contributed by atoms with Crippen LogP contribution < -0.4 is 0 Å². The Morgan fingerprint density at radius 3 is 2.77 bits per heavy atom. The molecule has 0 radical (unpaired) electrons. The highest BCUT2D eigenvalue weighted by Gasteiger charge is 2.28. The van der Waals surface area contributed by atoms with Gasteiger partial charge < -0.3 is 9.67 Å². The van der Waals surface area contributed by atoms with Crippen molar-refractivity contribution in [1.29, 1.82) is 0 Å². The first kappa shape index (κ1) is 16.1. The molecule has 1 atom stereocenters. The summed E-state index contributed by atoms with van der Waals surface area (Å²) in [6, 6.07) is 1.68. The molecule has 0 saturated carbocycles. The van der Waals surface area contributed by atoms with Gasteiger partial charge in [0.2, 0.25) is 0 Å². The summed E-state index contributed by atoms with van der Waals surface area (Å²) in [4.78, 5) is 17.2. The van der Waals surface area contributed by atoms with Crippen molar-refractivity contribution in [3.8, 4) is 0 Å². The Morgan fingerprint density at radius 1 is 1.45 bits per heavy atom. The van der Waals surface area contributed by atoms with E-state index in [9.17, 15) is 18.7 Å². The quantitative estimate of drug-likeness (QED) is 0.890. The molecule has 1 unspecified atom stereocenters. The average molecular weight is 309 g/mol. The Hall–Kier alpha value is -2.28. The molecule has 0 bridgehead atoms. The summed E-state index contributed by atoms with van der Waals surface area (Å²) in [5.41, 5.74) is -0.0778. The summed E-state index contributed by atoms with van der Waals surface area (Å²) in [6.45, 7) is 2.87. The van der Waals surface area contributed by atoms with Crippen LogP contribution in [-0.4, -0.2) is 32.6 Å². The van der Waals surface area contributed by atoms with Crippen LogP contribution in [0.4, 0.5) is 8.78 Å². The van der Waals surface area contributed by atoms with Crippen molar-refractivity contribution in [3.63, 3.8) is 0 Å². The minimum atomic E-state index is -1.22. The third-order valence-corrected chi connectivity index (χ3v) is 3.46. The number of carboxylic acids is 1. The van der Waals surface area contributed by atoms with Gasteiger partial charge in [0.1, 0.15) is 23.5 Å². The molecule has 2 rings (SSSR count). The molecule has 22 heavy (non-hydrogen) atoms. The van der Waals surface area contributed by atoms with Crippen molar-refractivity contribution in [2.45, 2.75) is 26.1 Å². The normalized spacial score (nSPS) is 12.6. The van der Waals surface area contributed by atoms with E-state index in [1.54, 1.807) is 19.4 Å². The molecular formula is C15H17F2N3O2. The number of nitrogens with zero attached hydrogens (tertiary/aromatic N) is 3. The maximum absolute atomic E-state index is 13.9. The zero-order valence-electron chi connectivity index (χ0n) is 12.3. The molecule has 1 aromatic carbocycles. The topological polar surface area (TPSA) is 58.4 Å². The van der Waals surface area contributed by atoms with Crippen molar-refractivity contribution < 1.29 is 18.7 Å². The second-order valence-corrected chi connectivity index (χ2v) is 4.95. The van der Waals surface area contributed by atoms with Gasteiger partial charge in [0.25, 0.3) is 0 Å². The number of benzene rings is 1. The number of hydrogen-bond acceptors (Lipinski definition) is 3. The lowest BCUT2D eigenvalue weighted by atomic mass is 10.0. The van der Waals surface area contributed by atoms with E-state index in [1.165, 1.54) is 4.90 Å². The maximum Gasteiger partial charge on any atom is 0.325 e. The van der Waals surface area contributed by atoms with Crippen molar-refractivity contribution in [1.82, 2.24) is 14.5 Å². The zero-order chi connectivity index (χ0) is 16.3. The lowest BCUT2D eigenvalue weighted by molar-refractivity contribution is -0.143. The number of imidazole rings is 1. The van der Waals surface area contributed by atoms with Gasteiger partial charge in [0.05, 0.1) is 6.54 Å². The van der Waals surface area contributed by atoms with Gasteiger partial charge in [-0.2, -0.15) is 0 Å². The fraction of sp³-hybridized carbons (Fsp3) is 0.333. The number of carboxylic acid groups (broad SMARTS) is 1. The highest BCUT2D eigenvalue weighted by atomic mass is 19.1. The van der Waals surface area contributed by atoms with Gasteiger partial charge in [-0.3, -0.25) is 9.69 Å². The number of hydrogen-bond donors (Lipinski definition) is 1. The summed E-state index contributed by atoms with van der Waals surface area (Å²) in [6.07, 6.45) is 3.42. The Bertz CT molecular complexity index is 673. The molecular weight excluding hydrogens is 292 g/mol. The van der Waals surface area contributed by atoms with Gasteiger partial charge in [-0.15, -0.1) is 0 Å². The smallest absolute Gasteiger partial charge is 0.325 e. The molecule has 0 fully saturated rings. The van der Waals surface area contributed by atoms with Crippen LogP contribution in [0.25, 0.3) is 0 Å². The van der Waals surface area contributed by atoms with Crippen LogP contribution in [-0.2, 0) is 17.9 Å². The Morgan fingerprint density at radius 2 is 2.18 bits per heavy atom. The summed E-state index contributed by atoms with van der Waals surface area (Å²) in [5.74, 6) is -2.14. The fourth-order valence-electron chi connectivity index (χ4n) is 2.38. The minimum Gasteiger partial charge on any atom is -0.480 e. The lowest BCUT2D eigenvalue weighted by Gasteiger charge is -2.25. The molecule has 0 aliphatic carbocycles. The molecule has 1 N–H and O–H groups in total. The highest BCUT2D eigenvalue weighted by molar-refractivity contribution is 5.75. The van der Waals surface area contributed by atoms with Crippen molar-refractivity contribution in [2.75, 3.05) is 7.05 Å². The first-order valence-electron chi connectivity index (χ1n) is 6.82. The number of aryl methyl sites for hydroxylation is 1. The molecule has 0 spiro atoms. The number of likely N-dealkylation sites (N-methyl/N-ethyl adjacent to an activating group) is 1. The van der Waals surface area contributed by atoms with Crippen LogP contribution in [0, 0.1) is 11.6 Å². The standard InChI is InChI=1S/C15H17F2N3O2/c1-3-20-7-6-18-13(20)9-19(2)14(15(21)22)11-5-4-10(16)8-12(11)17/h4-8,14H,3,9H2,1-2H3,(H,21,22). The van der Waals surface area contributed by atoms with E-state index in [0.29, 0.717) is 18.4 Å². The van der Waals surface area contributed by atoms with Crippen molar-refractivity contribution in [3.05, 3.63) is 53.6 Å². The highest BCUT2D eigenvalue weighted by Crippen LogP contribution is 2.24. The second-order valence-electron chi connectivity index (χ2n) is 4.95. The van der Waals surface area contributed by atoms with E-state index in [0.717, 1.165) is 12.1 Å². The largest absolute Gasteiger partial charge is 0.480 e. The molecule has 118 valence electrons. The molecule has 5 nitrogen and oxygen atoms in total. The number of rotatable bonds is 6. The van der Waals surface area contributed by atoms with E-state index in [1.807, 2.05) is 11.5 Å². The van der Waals surface area contributed by atoms with Gasteiger partial charge >= 0.3 is 5.97 Å². The van der Waals surface area contributed by atoms with Crippen LogP contribution in [0.2, 0.25) is 0 Å². The number of carbonyl (C=O) groups is 1. The molecule has 1 heterocycles. The summed E-state index contributed by atoms with van der Waals surface area (Å²) in [5, 5.41) is 9.42. The molecule has 1 aromatic heterocycles. The molecule has 0 amide bonds. The monoisotopic (exact) mass is 309 g/mol. The van der Waals surface area contributed by atoms with Crippen molar-refractivity contribution >= 4 is 5.97 Å². The fourth-order valence-corrected chi connectivity index (χ4v) is 2.38. The SMILES string of the molecule is CCn1ccnc1CN(C)C(C(=O)O)c1ccc(F)cc1F. The molecule has 0 aliphatic rings. The lowest BCUT2D eigenvalue weighted by Crippen LogP contribution is -2.32. The Balaban J connectivity index is 2.29. The van der Waals surface area contributed by atoms with Gasteiger partial charge in [-0.25, -0.2) is 13.8 Å². The third kappa shape index (κ3) is 3.30. The zero-order valence-corrected chi connectivity index (χ0v) is 12.3. The summed E-state index contributed by atoms with van der Waals surface area (Å²) >= 11 is 0. The maximum atomic E-state index is 13.9. The molecule has 2 aromatic rings. The Labute approximate surface area is 126 Å². The first-order valence-corrected chi connectivity index (χ1v) is 6.82. The minimum absolute atomic E-state index is 0.0778. The molecule has 7 heteroatoms. The van der Waals surface area contributed by atoms with Crippen LogP contribution >= 0.6 is 0 Å². The van der Waals surface area contributed by atoms with E-state index < -0.39 is 23.6 Å². The predicted molar refractivity (Wildman–Crippen MR) is 76.1 cm³/mol. The summed E-state index contributed by atoms with van der Waals surface area (Å²) in [7, 11) is 1.57. The number of aliphatic carboxylic acids is 1. The van der Waals surface area contributed by atoms with Gasteiger partial charge in [-0.1, -0.05) is 6.07 Å². The molecule has 0 saturated heterocycles. The number of aromatic nitrogens is 2. The third-order valence-electron chi connectivity index (χ3n) is 3.46. The van der Waals surface area contributed by atoms with Crippen LogP contribution in [0.5, 0.6) is 0 Å². The van der Waals surface area contributed by atoms with Crippen LogP contribution in [0.15, 0.2) is 30.6 Å². The van der Waals surface area contributed by atoms with E-state index >= 15 is 0 Å².